The van der Waals surface area contributed by atoms with Gasteiger partial charge in [0, 0.05) is 27.8 Å². The third-order valence-electron chi connectivity index (χ3n) is 4.08. The molecule has 0 bridgehead atoms. The van der Waals surface area contributed by atoms with E-state index in [2.05, 4.69) is 5.32 Å². The molecule has 1 aliphatic carbocycles. The van der Waals surface area contributed by atoms with Gasteiger partial charge in [0.1, 0.15) is 0 Å². The van der Waals surface area contributed by atoms with Crippen molar-refractivity contribution < 1.29 is 18.5 Å². The maximum absolute atomic E-state index is 12.1. The molecule has 1 aliphatic rings. The molecular formula is C17H25NO4S. The summed E-state index contributed by atoms with van der Waals surface area (Å²) in [7, 11) is 0.782. The van der Waals surface area contributed by atoms with Crippen molar-refractivity contribution in [2.45, 2.75) is 43.9 Å². The van der Waals surface area contributed by atoms with E-state index in [4.69, 9.17) is 9.47 Å². The molecule has 3 unspecified atom stereocenters. The van der Waals surface area contributed by atoms with Crippen LogP contribution >= 0.6 is 0 Å². The molecule has 128 valence electrons. The van der Waals surface area contributed by atoms with Gasteiger partial charge < -0.3 is 14.8 Å². The maximum Gasteiger partial charge on any atom is 0.258 e. The van der Waals surface area contributed by atoms with E-state index in [9.17, 15) is 9.00 Å². The highest BCUT2D eigenvalue weighted by atomic mass is 32.2. The molecule has 0 radical (unpaired) electrons. The predicted octanol–water partition coefficient (Wildman–Crippen LogP) is 2.27. The Balaban J connectivity index is 1.81. The summed E-state index contributed by atoms with van der Waals surface area (Å²) in [5.74, 6) is 1.70. The Bertz CT molecular complexity index is 549. The molecule has 0 heterocycles. The number of rotatable bonds is 7. The van der Waals surface area contributed by atoms with Crippen molar-refractivity contribution in [3.8, 4) is 11.5 Å². The van der Waals surface area contributed by atoms with E-state index in [1.165, 1.54) is 0 Å². The van der Waals surface area contributed by atoms with E-state index in [0.29, 0.717) is 17.3 Å². The van der Waals surface area contributed by atoms with E-state index < -0.39 is 10.8 Å². The zero-order valence-electron chi connectivity index (χ0n) is 13.7. The van der Waals surface area contributed by atoms with Crippen molar-refractivity contribution in [3.05, 3.63) is 24.3 Å². The number of methoxy groups -OCH3 is 1. The fraction of sp³-hybridized carbons (Fsp3) is 0.588. The number of nitrogens with one attached hydrogen (secondary N) is 1. The molecule has 23 heavy (non-hydrogen) atoms. The minimum atomic E-state index is -0.786. The molecule has 3 atom stereocenters. The Morgan fingerprint density at radius 3 is 2.74 bits per heavy atom. The molecular weight excluding hydrogens is 314 g/mol. The lowest BCUT2D eigenvalue weighted by atomic mass is 9.95. The minimum Gasteiger partial charge on any atom is -0.493 e. The van der Waals surface area contributed by atoms with Gasteiger partial charge in [-0.15, -0.1) is 0 Å². The van der Waals surface area contributed by atoms with Crippen LogP contribution in [0.5, 0.6) is 11.5 Å². The molecule has 1 aromatic carbocycles. The van der Waals surface area contributed by atoms with Gasteiger partial charge in [0.25, 0.3) is 5.91 Å². The van der Waals surface area contributed by atoms with Crippen molar-refractivity contribution in [1.29, 1.82) is 0 Å². The smallest absolute Gasteiger partial charge is 0.258 e. The average Bonchev–Trinajstić information content (AvgIpc) is 2.59. The lowest BCUT2D eigenvalue weighted by Crippen LogP contribution is -2.42. The Kier molecular flexibility index (Phi) is 6.89. The molecule has 1 saturated carbocycles. The van der Waals surface area contributed by atoms with Crippen LogP contribution in [0.3, 0.4) is 0 Å². The summed E-state index contributed by atoms with van der Waals surface area (Å²) in [4.78, 5) is 12.1. The fourth-order valence-corrected chi connectivity index (χ4v) is 4.25. The Morgan fingerprint density at radius 1 is 1.30 bits per heavy atom. The highest BCUT2D eigenvalue weighted by Gasteiger charge is 2.26. The van der Waals surface area contributed by atoms with Crippen LogP contribution in [-0.4, -0.2) is 40.9 Å². The van der Waals surface area contributed by atoms with Gasteiger partial charge in [-0.3, -0.25) is 9.00 Å². The molecule has 0 saturated heterocycles. The molecule has 1 amide bonds. The van der Waals surface area contributed by atoms with E-state index >= 15 is 0 Å². The van der Waals surface area contributed by atoms with Crippen LogP contribution in [-0.2, 0) is 15.6 Å². The van der Waals surface area contributed by atoms with Crippen molar-refractivity contribution >= 4 is 16.7 Å². The first-order chi connectivity index (χ1) is 11.1. The van der Waals surface area contributed by atoms with Gasteiger partial charge in [0.15, 0.2) is 18.1 Å². The van der Waals surface area contributed by atoms with Gasteiger partial charge in [0.2, 0.25) is 0 Å². The number of para-hydroxylation sites is 2. The molecule has 2 rings (SSSR count). The van der Waals surface area contributed by atoms with Gasteiger partial charge in [-0.25, -0.2) is 0 Å². The molecule has 0 spiro atoms. The normalized spacial score (nSPS) is 22.2. The zero-order valence-corrected chi connectivity index (χ0v) is 14.6. The first-order valence-corrected chi connectivity index (χ1v) is 9.44. The maximum atomic E-state index is 12.1. The molecule has 1 fully saturated rings. The summed E-state index contributed by atoms with van der Waals surface area (Å²) in [5.41, 5.74) is 0. The topological polar surface area (TPSA) is 64.6 Å². The number of carbonyl (C=O) groups is 1. The quantitative estimate of drug-likeness (QED) is 0.828. The van der Waals surface area contributed by atoms with Crippen LogP contribution in [0.15, 0.2) is 24.3 Å². The number of hydrogen-bond donors (Lipinski definition) is 1. The SMILES string of the molecule is CCS(=O)C1CCCC(NC(=O)COc2ccccc2OC)C1. The lowest BCUT2D eigenvalue weighted by Gasteiger charge is -2.29. The van der Waals surface area contributed by atoms with Crippen molar-refractivity contribution in [2.75, 3.05) is 19.5 Å². The number of benzene rings is 1. The van der Waals surface area contributed by atoms with Gasteiger partial charge in [-0.1, -0.05) is 25.5 Å². The Morgan fingerprint density at radius 2 is 2.04 bits per heavy atom. The predicted molar refractivity (Wildman–Crippen MR) is 91.4 cm³/mol. The van der Waals surface area contributed by atoms with Crippen molar-refractivity contribution in [1.82, 2.24) is 5.32 Å². The fourth-order valence-electron chi connectivity index (χ4n) is 2.90. The Labute approximate surface area is 140 Å². The van der Waals surface area contributed by atoms with E-state index in [1.807, 2.05) is 19.1 Å². The first-order valence-electron chi connectivity index (χ1n) is 8.06. The van der Waals surface area contributed by atoms with E-state index in [0.717, 1.165) is 25.7 Å². The van der Waals surface area contributed by atoms with E-state index in [1.54, 1.807) is 19.2 Å². The number of amides is 1. The van der Waals surface area contributed by atoms with Crippen LogP contribution in [0.2, 0.25) is 0 Å². The van der Waals surface area contributed by atoms with Gasteiger partial charge in [-0.05, 0) is 31.4 Å². The molecule has 6 heteroatoms. The van der Waals surface area contributed by atoms with Crippen LogP contribution in [0.25, 0.3) is 0 Å². The standard InChI is InChI=1S/C17H25NO4S/c1-3-23(20)14-8-6-7-13(11-14)18-17(19)12-22-16-10-5-4-9-15(16)21-2/h4-5,9-10,13-14H,3,6-8,11-12H2,1-2H3,(H,18,19). The van der Waals surface area contributed by atoms with Crippen molar-refractivity contribution in [3.63, 3.8) is 0 Å². The van der Waals surface area contributed by atoms with Crippen LogP contribution in [0.4, 0.5) is 0 Å². The second-order valence-corrected chi connectivity index (χ2v) is 7.67. The summed E-state index contributed by atoms with van der Waals surface area (Å²) in [6, 6.07) is 7.34. The van der Waals surface area contributed by atoms with Crippen LogP contribution in [0, 0.1) is 0 Å². The summed E-state index contributed by atoms with van der Waals surface area (Å²) in [6.45, 7) is 1.90. The van der Waals surface area contributed by atoms with Gasteiger partial charge >= 0.3 is 0 Å². The zero-order chi connectivity index (χ0) is 16.7. The van der Waals surface area contributed by atoms with Crippen molar-refractivity contribution in [2.24, 2.45) is 0 Å². The number of carbonyl (C=O) groups excluding carboxylic acids is 1. The summed E-state index contributed by atoms with van der Waals surface area (Å²) >= 11 is 0. The monoisotopic (exact) mass is 339 g/mol. The molecule has 1 aromatic rings. The number of ether oxygens (including phenoxy) is 2. The van der Waals surface area contributed by atoms with E-state index in [-0.39, 0.29) is 23.8 Å². The highest BCUT2D eigenvalue weighted by molar-refractivity contribution is 7.85. The Hall–Kier alpha value is -1.56. The molecule has 0 aromatic heterocycles. The highest BCUT2D eigenvalue weighted by Crippen LogP contribution is 2.26. The first kappa shape index (κ1) is 17.8. The van der Waals surface area contributed by atoms with Gasteiger partial charge in [0.05, 0.1) is 7.11 Å². The average molecular weight is 339 g/mol. The number of hydrogen-bond acceptors (Lipinski definition) is 4. The van der Waals surface area contributed by atoms with Crippen LogP contribution < -0.4 is 14.8 Å². The third kappa shape index (κ3) is 5.23. The summed E-state index contributed by atoms with van der Waals surface area (Å²) < 4.78 is 22.7. The summed E-state index contributed by atoms with van der Waals surface area (Å²) in [6.07, 6.45) is 3.73. The van der Waals surface area contributed by atoms with Gasteiger partial charge in [-0.2, -0.15) is 0 Å². The molecule has 5 nitrogen and oxygen atoms in total. The third-order valence-corrected chi connectivity index (χ3v) is 5.82. The molecule has 0 aliphatic heterocycles. The second kappa shape index (κ2) is 8.91. The van der Waals surface area contributed by atoms with Crippen LogP contribution in [0.1, 0.15) is 32.6 Å². The molecule has 1 N–H and O–H groups in total. The largest absolute Gasteiger partial charge is 0.493 e. The second-order valence-electron chi connectivity index (χ2n) is 5.66. The minimum absolute atomic E-state index is 0.0432. The summed E-state index contributed by atoms with van der Waals surface area (Å²) in [5, 5.41) is 3.20. The lowest BCUT2D eigenvalue weighted by molar-refractivity contribution is -0.124.